The zero-order valence-electron chi connectivity index (χ0n) is 17.9. The first kappa shape index (κ1) is 23.4. The summed E-state index contributed by atoms with van der Waals surface area (Å²) in [5, 5.41) is 13.2. The van der Waals surface area contributed by atoms with E-state index >= 15 is 0 Å². The van der Waals surface area contributed by atoms with Crippen LogP contribution in [0, 0.1) is 6.92 Å². The van der Waals surface area contributed by atoms with Crippen LogP contribution in [0.2, 0.25) is 0 Å². The molecule has 1 aliphatic heterocycles. The number of carbonyl (C=O) groups is 2. The first-order valence-corrected chi connectivity index (χ1v) is 12.0. The van der Waals surface area contributed by atoms with Crippen LogP contribution >= 0.6 is 27.3 Å². The molecule has 0 saturated heterocycles. The average molecular weight is 562 g/mol. The van der Waals surface area contributed by atoms with Crippen LogP contribution in [0.15, 0.2) is 80.2 Å². The van der Waals surface area contributed by atoms with Crippen LogP contribution in [0.25, 0.3) is 11.0 Å². The smallest absolute Gasteiger partial charge is 0.416 e. The van der Waals surface area contributed by atoms with Gasteiger partial charge in [0.25, 0.3) is 5.91 Å². The van der Waals surface area contributed by atoms with E-state index in [4.69, 9.17) is 4.42 Å². The zero-order valence-corrected chi connectivity index (χ0v) is 20.3. The van der Waals surface area contributed by atoms with Crippen LogP contribution in [0.4, 0.5) is 18.9 Å². The van der Waals surface area contributed by atoms with Crippen LogP contribution in [0.5, 0.6) is 0 Å². The van der Waals surface area contributed by atoms with E-state index in [1.54, 1.807) is 36.6 Å². The highest BCUT2D eigenvalue weighted by atomic mass is 79.9. The Morgan fingerprint density at radius 2 is 1.83 bits per heavy atom. The van der Waals surface area contributed by atoms with Crippen molar-refractivity contribution in [3.05, 3.63) is 97.5 Å². The zero-order chi connectivity index (χ0) is 25.1. The molecule has 0 fully saturated rings. The van der Waals surface area contributed by atoms with E-state index in [9.17, 15) is 27.9 Å². The Morgan fingerprint density at radius 1 is 1.11 bits per heavy atom. The van der Waals surface area contributed by atoms with Crippen molar-refractivity contribution in [1.29, 1.82) is 0 Å². The lowest BCUT2D eigenvalue weighted by Crippen LogP contribution is -2.31. The van der Waals surface area contributed by atoms with Crippen LogP contribution in [-0.2, 0) is 11.0 Å². The fourth-order valence-electron chi connectivity index (χ4n) is 4.09. The Morgan fingerprint density at radius 3 is 2.46 bits per heavy atom. The van der Waals surface area contributed by atoms with Crippen molar-refractivity contribution in [2.45, 2.75) is 19.1 Å². The number of nitrogens with zero attached hydrogens (tertiary/aromatic N) is 1. The lowest BCUT2D eigenvalue weighted by molar-refractivity contribution is -0.137. The molecular weight excluding hydrogens is 547 g/mol. The molecule has 35 heavy (non-hydrogen) atoms. The van der Waals surface area contributed by atoms with E-state index in [0.29, 0.717) is 15.8 Å². The number of halogens is 4. The second-order valence-electron chi connectivity index (χ2n) is 7.97. The topological polar surface area (TPSA) is 70.7 Å². The number of furan rings is 1. The summed E-state index contributed by atoms with van der Waals surface area (Å²) in [6.45, 7) is 1.79. The predicted octanol–water partition coefficient (Wildman–Crippen LogP) is 7.37. The Hall–Kier alpha value is -3.37. The number of carbonyl (C=O) groups excluding carboxylic acids is 2. The van der Waals surface area contributed by atoms with Crippen molar-refractivity contribution in [3.8, 4) is 0 Å². The van der Waals surface area contributed by atoms with E-state index in [-0.39, 0.29) is 17.0 Å². The summed E-state index contributed by atoms with van der Waals surface area (Å²) < 4.78 is 45.7. The summed E-state index contributed by atoms with van der Waals surface area (Å²) in [5.41, 5.74) is 0.253. The number of benzene rings is 2. The van der Waals surface area contributed by atoms with Crippen molar-refractivity contribution in [3.63, 3.8) is 0 Å². The highest BCUT2D eigenvalue weighted by Gasteiger charge is 2.46. The number of hydrogen-bond donors (Lipinski definition) is 1. The minimum Gasteiger partial charge on any atom is -0.503 e. The van der Waals surface area contributed by atoms with Gasteiger partial charge in [-0.15, -0.1) is 11.3 Å². The third-order valence-electron chi connectivity index (χ3n) is 5.78. The molecule has 5 nitrogen and oxygen atoms in total. The maximum absolute atomic E-state index is 13.6. The Kier molecular flexibility index (Phi) is 5.60. The fraction of sp³-hybridized carbons (Fsp3) is 0.120. The molecule has 0 aliphatic carbocycles. The van der Waals surface area contributed by atoms with Gasteiger partial charge in [-0.3, -0.25) is 14.5 Å². The van der Waals surface area contributed by atoms with Gasteiger partial charge in [-0.05, 0) is 72.5 Å². The molecule has 0 radical (unpaired) electrons. The molecule has 1 atom stereocenters. The summed E-state index contributed by atoms with van der Waals surface area (Å²) in [4.78, 5) is 28.5. The van der Waals surface area contributed by atoms with Crippen LogP contribution in [0.3, 0.4) is 0 Å². The molecule has 0 spiro atoms. The van der Waals surface area contributed by atoms with Crippen molar-refractivity contribution < 1.29 is 32.3 Å². The summed E-state index contributed by atoms with van der Waals surface area (Å²) in [7, 11) is 0. The van der Waals surface area contributed by atoms with Gasteiger partial charge < -0.3 is 9.52 Å². The van der Waals surface area contributed by atoms with Gasteiger partial charge in [0.05, 0.1) is 11.1 Å². The second kappa shape index (κ2) is 8.39. The van der Waals surface area contributed by atoms with Crippen molar-refractivity contribution in [2.75, 3.05) is 4.90 Å². The predicted molar refractivity (Wildman–Crippen MR) is 129 cm³/mol. The largest absolute Gasteiger partial charge is 0.503 e. The quantitative estimate of drug-likeness (QED) is 0.264. The molecule has 1 N–H and O–H groups in total. The van der Waals surface area contributed by atoms with Crippen LogP contribution in [-0.4, -0.2) is 16.8 Å². The first-order chi connectivity index (χ1) is 16.6. The number of rotatable bonds is 4. The van der Waals surface area contributed by atoms with E-state index in [1.807, 2.05) is 0 Å². The third kappa shape index (κ3) is 3.96. The minimum absolute atomic E-state index is 0.0686. The van der Waals surface area contributed by atoms with E-state index in [0.717, 1.165) is 39.2 Å². The van der Waals surface area contributed by atoms with E-state index in [2.05, 4.69) is 15.9 Å². The van der Waals surface area contributed by atoms with Crippen molar-refractivity contribution >= 4 is 55.6 Å². The minimum atomic E-state index is -4.55. The molecule has 3 heterocycles. The molecule has 0 saturated carbocycles. The molecule has 2 aromatic heterocycles. The van der Waals surface area contributed by atoms with Gasteiger partial charge in [0, 0.05) is 20.4 Å². The van der Waals surface area contributed by atoms with Gasteiger partial charge >= 0.3 is 6.18 Å². The number of anilines is 1. The molecule has 5 rings (SSSR count). The average Bonchev–Trinajstić information content (AvgIpc) is 3.49. The summed E-state index contributed by atoms with van der Waals surface area (Å²) in [6, 6.07) is 11.5. The van der Waals surface area contributed by atoms with Crippen LogP contribution in [0.1, 0.15) is 32.6 Å². The monoisotopic (exact) mass is 561 g/mol. The summed E-state index contributed by atoms with van der Waals surface area (Å²) >= 11 is 4.63. The number of Topliss-reactive ketones (excluding diaryl/α,β-unsaturated/α-hetero) is 1. The number of hydrogen-bond acceptors (Lipinski definition) is 5. The normalized spacial score (nSPS) is 16.5. The SMILES string of the molecule is Cc1ccsc1C1C(C(=O)c2cc3cc(Br)ccc3o2)=C(O)C(=O)N1c1ccc(C(F)(F)F)cc1. The number of aliphatic hydroxyl groups is 1. The maximum atomic E-state index is 13.6. The highest BCUT2D eigenvalue weighted by Crippen LogP contribution is 2.45. The van der Waals surface area contributed by atoms with Gasteiger partial charge in [-0.2, -0.15) is 13.2 Å². The molecule has 4 aromatic rings. The Balaban J connectivity index is 1.62. The van der Waals surface area contributed by atoms with Crippen molar-refractivity contribution in [2.24, 2.45) is 0 Å². The molecular formula is C25H15BrF3NO4S. The fourth-order valence-corrected chi connectivity index (χ4v) is 5.49. The molecule has 10 heteroatoms. The number of aliphatic hydroxyl groups excluding tert-OH is 1. The molecule has 1 aliphatic rings. The van der Waals surface area contributed by atoms with Gasteiger partial charge in [0.2, 0.25) is 5.78 Å². The lowest BCUT2D eigenvalue weighted by atomic mass is 9.98. The number of alkyl halides is 3. The third-order valence-corrected chi connectivity index (χ3v) is 7.34. The Bertz CT molecular complexity index is 1520. The van der Waals surface area contributed by atoms with Gasteiger partial charge in [0.1, 0.15) is 11.6 Å². The second-order valence-corrected chi connectivity index (χ2v) is 9.84. The number of thiophene rings is 1. The van der Waals surface area contributed by atoms with Gasteiger partial charge in [-0.25, -0.2) is 0 Å². The number of fused-ring (bicyclic) bond motifs is 1. The molecule has 178 valence electrons. The maximum Gasteiger partial charge on any atom is 0.416 e. The molecule has 2 aromatic carbocycles. The molecule has 1 amide bonds. The highest BCUT2D eigenvalue weighted by molar-refractivity contribution is 9.10. The lowest BCUT2D eigenvalue weighted by Gasteiger charge is -2.26. The molecule has 0 bridgehead atoms. The van der Waals surface area contributed by atoms with Gasteiger partial charge in [0.15, 0.2) is 11.5 Å². The molecule has 1 unspecified atom stereocenters. The number of amides is 1. The standard InChI is InChI=1S/C25H15BrF3NO4S/c1-12-8-9-35-23(12)20-19(21(31)18-11-13-10-15(26)4-7-17(13)34-18)22(32)24(33)30(20)16-5-2-14(3-6-16)25(27,28)29/h2-11,20,32H,1H3. The number of ketones is 1. The van der Waals surface area contributed by atoms with E-state index < -0.39 is 35.2 Å². The van der Waals surface area contributed by atoms with E-state index in [1.165, 1.54) is 17.4 Å². The summed E-state index contributed by atoms with van der Waals surface area (Å²) in [6.07, 6.45) is -4.55. The first-order valence-electron chi connectivity index (χ1n) is 10.3. The van der Waals surface area contributed by atoms with Gasteiger partial charge in [-0.1, -0.05) is 15.9 Å². The Labute approximate surface area is 209 Å². The number of aryl methyl sites for hydroxylation is 1. The summed E-state index contributed by atoms with van der Waals surface area (Å²) in [5.74, 6) is -2.41. The van der Waals surface area contributed by atoms with Crippen molar-refractivity contribution in [1.82, 2.24) is 0 Å². The van der Waals surface area contributed by atoms with Crippen LogP contribution < -0.4 is 4.90 Å².